The van der Waals surface area contributed by atoms with Gasteiger partial charge in [-0.3, -0.25) is 9.59 Å². The molecule has 1 N–H and O–H groups in total. The Labute approximate surface area is 166 Å². The van der Waals surface area contributed by atoms with Crippen molar-refractivity contribution in [3.8, 4) is 0 Å². The molecule has 148 valence electrons. The van der Waals surface area contributed by atoms with Crippen molar-refractivity contribution in [3.05, 3.63) is 72.2 Å². The molecule has 8 nitrogen and oxygen atoms in total. The molecule has 4 rings (SSSR count). The maximum atomic E-state index is 13.2. The van der Waals surface area contributed by atoms with Crippen LogP contribution < -0.4 is 10.2 Å². The van der Waals surface area contributed by atoms with Crippen LogP contribution in [0.3, 0.4) is 0 Å². The number of nitrogens with one attached hydrogen (secondary N) is 1. The number of rotatable bonds is 4. The summed E-state index contributed by atoms with van der Waals surface area (Å²) >= 11 is 0. The van der Waals surface area contributed by atoms with Crippen LogP contribution in [0.5, 0.6) is 0 Å². The summed E-state index contributed by atoms with van der Waals surface area (Å²) in [5.74, 6) is -0.184. The Balaban J connectivity index is 1.35. The Bertz CT molecular complexity index is 999. The third-order valence-corrected chi connectivity index (χ3v) is 4.56. The fourth-order valence-electron chi connectivity index (χ4n) is 3.04. The fraction of sp³-hybridized carbons (Fsp3) is 0.200. The summed E-state index contributed by atoms with van der Waals surface area (Å²) < 4.78 is 18.4. The lowest BCUT2D eigenvalue weighted by atomic mass is 10.2. The van der Waals surface area contributed by atoms with Crippen LogP contribution in [0.1, 0.15) is 20.9 Å². The number of hydrogen-bond donors (Lipinski definition) is 1. The van der Waals surface area contributed by atoms with Crippen molar-refractivity contribution in [2.45, 2.75) is 0 Å². The van der Waals surface area contributed by atoms with Gasteiger partial charge in [0.2, 0.25) is 5.95 Å². The monoisotopic (exact) mass is 395 g/mol. The van der Waals surface area contributed by atoms with Gasteiger partial charge >= 0.3 is 0 Å². The third-order valence-electron chi connectivity index (χ3n) is 4.56. The lowest BCUT2D eigenvalue weighted by Crippen LogP contribution is -2.49. The Hall–Kier alpha value is -3.75. The molecular weight excluding hydrogens is 377 g/mol. The van der Waals surface area contributed by atoms with Crippen molar-refractivity contribution in [3.63, 3.8) is 0 Å². The van der Waals surface area contributed by atoms with E-state index in [-0.39, 0.29) is 11.5 Å². The third kappa shape index (κ3) is 4.23. The van der Waals surface area contributed by atoms with Gasteiger partial charge in [0.15, 0.2) is 5.76 Å². The number of furan rings is 1. The molecule has 29 heavy (non-hydrogen) atoms. The van der Waals surface area contributed by atoms with E-state index in [0.29, 0.717) is 43.6 Å². The molecule has 3 heterocycles. The molecule has 1 aliphatic heterocycles. The van der Waals surface area contributed by atoms with Gasteiger partial charge in [0.05, 0.1) is 11.8 Å². The van der Waals surface area contributed by atoms with Gasteiger partial charge < -0.3 is 19.5 Å². The van der Waals surface area contributed by atoms with E-state index in [1.54, 1.807) is 23.1 Å². The molecule has 2 amide bonds. The van der Waals surface area contributed by atoms with Crippen LogP contribution >= 0.6 is 0 Å². The van der Waals surface area contributed by atoms with Crippen molar-refractivity contribution in [1.29, 1.82) is 0 Å². The van der Waals surface area contributed by atoms with Crippen LogP contribution in [-0.4, -0.2) is 52.9 Å². The smallest absolute Gasteiger partial charge is 0.289 e. The second-order valence-electron chi connectivity index (χ2n) is 6.49. The standard InChI is InChI=1S/C20H18FN5O3/c21-15-3-1-4-16(11-15)24-18(27)14-12-22-20(23-13-14)26-8-6-25(7-9-26)19(28)17-5-2-10-29-17/h1-5,10-13H,6-9H2,(H,24,27). The summed E-state index contributed by atoms with van der Waals surface area (Å²) in [4.78, 5) is 36.8. The molecule has 0 bridgehead atoms. The number of nitrogens with zero attached hydrogens (tertiary/aromatic N) is 4. The highest BCUT2D eigenvalue weighted by Crippen LogP contribution is 2.15. The van der Waals surface area contributed by atoms with Crippen molar-refractivity contribution in [2.24, 2.45) is 0 Å². The largest absolute Gasteiger partial charge is 0.459 e. The number of aromatic nitrogens is 2. The van der Waals surface area contributed by atoms with Crippen LogP contribution in [-0.2, 0) is 0 Å². The molecule has 1 aliphatic rings. The Morgan fingerprint density at radius 1 is 1.03 bits per heavy atom. The van der Waals surface area contributed by atoms with Crippen molar-refractivity contribution in [1.82, 2.24) is 14.9 Å². The topological polar surface area (TPSA) is 91.6 Å². The normalized spacial score (nSPS) is 14.0. The summed E-state index contributed by atoms with van der Waals surface area (Å²) in [6.45, 7) is 2.18. The van der Waals surface area contributed by atoms with E-state index >= 15 is 0 Å². The quantitative estimate of drug-likeness (QED) is 0.730. The predicted molar refractivity (Wildman–Crippen MR) is 103 cm³/mol. The fourth-order valence-corrected chi connectivity index (χ4v) is 3.04. The number of carbonyl (C=O) groups excluding carboxylic acids is 2. The van der Waals surface area contributed by atoms with Gasteiger partial charge in [0, 0.05) is 44.3 Å². The number of anilines is 2. The minimum atomic E-state index is -0.431. The molecule has 1 saturated heterocycles. The molecule has 0 aliphatic carbocycles. The maximum Gasteiger partial charge on any atom is 0.289 e. The molecule has 0 spiro atoms. The van der Waals surface area contributed by atoms with E-state index in [1.807, 2.05) is 4.90 Å². The van der Waals surface area contributed by atoms with Crippen molar-refractivity contribution in [2.75, 3.05) is 36.4 Å². The molecule has 2 aromatic heterocycles. The van der Waals surface area contributed by atoms with Crippen LogP contribution in [0.25, 0.3) is 0 Å². The zero-order valence-corrected chi connectivity index (χ0v) is 15.4. The Kier molecular flexibility index (Phi) is 5.19. The van der Waals surface area contributed by atoms with Crippen molar-refractivity contribution < 1.29 is 18.4 Å². The summed E-state index contributed by atoms with van der Waals surface area (Å²) in [6, 6.07) is 8.97. The highest BCUT2D eigenvalue weighted by atomic mass is 19.1. The van der Waals surface area contributed by atoms with E-state index in [4.69, 9.17) is 4.42 Å². The molecule has 0 radical (unpaired) electrons. The lowest BCUT2D eigenvalue weighted by Gasteiger charge is -2.34. The van der Waals surface area contributed by atoms with Gasteiger partial charge in [-0.05, 0) is 30.3 Å². The highest BCUT2D eigenvalue weighted by molar-refractivity contribution is 6.03. The summed E-state index contributed by atoms with van der Waals surface area (Å²) in [6.07, 6.45) is 4.33. The maximum absolute atomic E-state index is 13.2. The second kappa shape index (κ2) is 8.09. The minimum absolute atomic E-state index is 0.139. The minimum Gasteiger partial charge on any atom is -0.459 e. The number of amides is 2. The first-order chi connectivity index (χ1) is 14.1. The molecule has 0 atom stereocenters. The van der Waals surface area contributed by atoms with Gasteiger partial charge in [-0.25, -0.2) is 14.4 Å². The van der Waals surface area contributed by atoms with E-state index in [1.165, 1.54) is 36.9 Å². The number of benzene rings is 1. The van der Waals surface area contributed by atoms with Gasteiger partial charge in [0.25, 0.3) is 11.8 Å². The van der Waals surface area contributed by atoms with Crippen LogP contribution in [0, 0.1) is 5.82 Å². The lowest BCUT2D eigenvalue weighted by molar-refractivity contribution is 0.0714. The number of carbonyl (C=O) groups is 2. The van der Waals surface area contributed by atoms with E-state index in [2.05, 4.69) is 15.3 Å². The predicted octanol–water partition coefficient (Wildman–Crippen LogP) is 2.42. The summed E-state index contributed by atoms with van der Waals surface area (Å²) in [5.41, 5.74) is 0.626. The van der Waals surface area contributed by atoms with Gasteiger partial charge in [-0.1, -0.05) is 6.07 Å². The van der Waals surface area contributed by atoms with E-state index in [9.17, 15) is 14.0 Å². The molecule has 1 aromatic carbocycles. The second-order valence-corrected chi connectivity index (χ2v) is 6.49. The summed E-state index contributed by atoms with van der Waals surface area (Å²) in [5, 5.41) is 2.60. The number of hydrogen-bond acceptors (Lipinski definition) is 6. The van der Waals surface area contributed by atoms with Gasteiger partial charge in [-0.15, -0.1) is 0 Å². The zero-order chi connectivity index (χ0) is 20.2. The number of halogens is 1. The molecule has 3 aromatic rings. The Morgan fingerprint density at radius 2 is 1.79 bits per heavy atom. The van der Waals surface area contributed by atoms with Gasteiger partial charge in [-0.2, -0.15) is 0 Å². The molecule has 0 unspecified atom stereocenters. The average molecular weight is 395 g/mol. The van der Waals surface area contributed by atoms with Crippen molar-refractivity contribution >= 4 is 23.5 Å². The van der Waals surface area contributed by atoms with E-state index < -0.39 is 11.7 Å². The van der Waals surface area contributed by atoms with Gasteiger partial charge in [0.1, 0.15) is 5.82 Å². The first kappa shape index (κ1) is 18.6. The van der Waals surface area contributed by atoms with Crippen LogP contribution in [0.15, 0.2) is 59.5 Å². The van der Waals surface area contributed by atoms with E-state index in [0.717, 1.165) is 0 Å². The molecule has 9 heteroatoms. The Morgan fingerprint density at radius 3 is 2.45 bits per heavy atom. The first-order valence-electron chi connectivity index (χ1n) is 9.07. The first-order valence-corrected chi connectivity index (χ1v) is 9.07. The average Bonchev–Trinajstić information content (AvgIpc) is 3.28. The molecular formula is C20H18FN5O3. The molecule has 1 fully saturated rings. The van der Waals surface area contributed by atoms with Crippen LogP contribution in [0.2, 0.25) is 0 Å². The number of piperazine rings is 1. The highest BCUT2D eigenvalue weighted by Gasteiger charge is 2.25. The SMILES string of the molecule is O=C(Nc1cccc(F)c1)c1cnc(N2CCN(C(=O)c3ccco3)CC2)nc1. The van der Waals surface area contributed by atoms with Crippen LogP contribution in [0.4, 0.5) is 16.0 Å². The molecule has 0 saturated carbocycles. The summed E-state index contributed by atoms with van der Waals surface area (Å²) in [7, 11) is 0. The zero-order valence-electron chi connectivity index (χ0n) is 15.4.